The van der Waals surface area contributed by atoms with Gasteiger partial charge in [-0.25, -0.2) is 0 Å². The zero-order valence-corrected chi connectivity index (χ0v) is 15.0. The van der Waals surface area contributed by atoms with E-state index in [-0.39, 0.29) is 5.56 Å². The normalized spacial score (nSPS) is 18.2. The molecule has 2 rings (SSSR count). The van der Waals surface area contributed by atoms with E-state index >= 15 is 0 Å². The van der Waals surface area contributed by atoms with Crippen molar-refractivity contribution in [1.29, 1.82) is 0 Å². The van der Waals surface area contributed by atoms with Crippen LogP contribution in [0.3, 0.4) is 0 Å². The van der Waals surface area contributed by atoms with Crippen molar-refractivity contribution in [2.45, 2.75) is 44.4 Å². The van der Waals surface area contributed by atoms with Crippen LogP contribution in [-0.2, 0) is 6.54 Å². The molecule has 0 amide bonds. The van der Waals surface area contributed by atoms with Gasteiger partial charge in [0.2, 0.25) is 0 Å². The van der Waals surface area contributed by atoms with Crippen LogP contribution in [0.1, 0.15) is 31.4 Å². The Labute approximate surface area is 143 Å². The van der Waals surface area contributed by atoms with E-state index in [1.165, 1.54) is 18.6 Å². The fourth-order valence-corrected chi connectivity index (χ4v) is 3.95. The maximum absolute atomic E-state index is 11.8. The van der Waals surface area contributed by atoms with E-state index in [0.717, 1.165) is 49.4 Å². The summed E-state index contributed by atoms with van der Waals surface area (Å²) < 4.78 is 1.84. The summed E-state index contributed by atoms with van der Waals surface area (Å²) in [5.74, 6) is 2.17. The highest BCUT2D eigenvalue weighted by atomic mass is 32.2. The first-order chi connectivity index (χ1) is 11.2. The summed E-state index contributed by atoms with van der Waals surface area (Å²) in [5.41, 5.74) is 1.11. The van der Waals surface area contributed by atoms with E-state index < -0.39 is 0 Å². The molecule has 0 aromatic carbocycles. The van der Waals surface area contributed by atoms with Crippen LogP contribution >= 0.6 is 11.8 Å². The predicted octanol–water partition coefficient (Wildman–Crippen LogP) is 2.00. The van der Waals surface area contributed by atoms with Gasteiger partial charge in [0.05, 0.1) is 0 Å². The van der Waals surface area contributed by atoms with E-state index in [2.05, 4.69) is 15.6 Å². The van der Waals surface area contributed by atoms with Gasteiger partial charge in [0, 0.05) is 43.7 Å². The van der Waals surface area contributed by atoms with Crippen molar-refractivity contribution in [3.8, 4) is 0 Å². The lowest BCUT2D eigenvalue weighted by Crippen LogP contribution is -2.40. The zero-order chi connectivity index (χ0) is 16.5. The number of hydrogen-bond donors (Lipinski definition) is 2. The number of pyridine rings is 1. The molecule has 1 unspecified atom stereocenters. The molecule has 0 spiro atoms. The number of nitrogens with zero attached hydrogens (tertiary/aromatic N) is 2. The summed E-state index contributed by atoms with van der Waals surface area (Å²) in [5, 5.41) is 7.48. The van der Waals surface area contributed by atoms with Gasteiger partial charge in [-0.3, -0.25) is 9.79 Å². The molecule has 0 radical (unpaired) electrons. The summed E-state index contributed by atoms with van der Waals surface area (Å²) in [4.78, 5) is 16.0. The Morgan fingerprint density at radius 3 is 2.96 bits per heavy atom. The average molecular weight is 337 g/mol. The molecule has 1 aromatic heterocycles. The Morgan fingerprint density at radius 1 is 1.39 bits per heavy atom. The monoisotopic (exact) mass is 336 g/mol. The molecule has 0 saturated carbocycles. The van der Waals surface area contributed by atoms with Crippen LogP contribution in [0.4, 0.5) is 0 Å². The van der Waals surface area contributed by atoms with Gasteiger partial charge in [0.1, 0.15) is 0 Å². The van der Waals surface area contributed by atoms with E-state index in [4.69, 9.17) is 0 Å². The van der Waals surface area contributed by atoms with Crippen molar-refractivity contribution < 1.29 is 0 Å². The van der Waals surface area contributed by atoms with Crippen LogP contribution < -0.4 is 16.2 Å². The summed E-state index contributed by atoms with van der Waals surface area (Å²) in [6, 6.07) is 5.42. The van der Waals surface area contributed by atoms with Crippen LogP contribution in [0.25, 0.3) is 0 Å². The number of thioether (sulfide) groups is 1. The maximum Gasteiger partial charge on any atom is 0.250 e. The zero-order valence-electron chi connectivity index (χ0n) is 14.2. The highest BCUT2D eigenvalue weighted by molar-refractivity contribution is 8.00. The van der Waals surface area contributed by atoms with Crippen LogP contribution in [0.5, 0.6) is 0 Å². The Kier molecular flexibility index (Phi) is 7.52. The SMILES string of the molecule is CN=C(NCCCCn1c(C)cccc1=O)NCC1CCCS1. The van der Waals surface area contributed by atoms with Crippen molar-refractivity contribution in [2.75, 3.05) is 25.9 Å². The van der Waals surface area contributed by atoms with Crippen LogP contribution in [0.15, 0.2) is 28.0 Å². The molecule has 128 valence electrons. The van der Waals surface area contributed by atoms with Gasteiger partial charge in [-0.15, -0.1) is 0 Å². The van der Waals surface area contributed by atoms with Crippen molar-refractivity contribution in [3.63, 3.8) is 0 Å². The summed E-state index contributed by atoms with van der Waals surface area (Å²) in [6.45, 7) is 4.62. The second-order valence-corrected chi connectivity index (χ2v) is 7.29. The van der Waals surface area contributed by atoms with Crippen molar-refractivity contribution >= 4 is 17.7 Å². The number of aryl methyl sites for hydroxylation is 1. The number of rotatable bonds is 7. The lowest BCUT2D eigenvalue weighted by Gasteiger charge is -2.15. The lowest BCUT2D eigenvalue weighted by atomic mass is 10.2. The highest BCUT2D eigenvalue weighted by Crippen LogP contribution is 2.25. The molecule has 5 nitrogen and oxygen atoms in total. The first-order valence-corrected chi connectivity index (χ1v) is 9.48. The molecule has 1 fully saturated rings. The third kappa shape index (κ3) is 5.94. The second kappa shape index (κ2) is 9.65. The van der Waals surface area contributed by atoms with Gasteiger partial charge in [-0.05, 0) is 44.4 Å². The molecular formula is C17H28N4OS. The quantitative estimate of drug-likeness (QED) is 0.454. The average Bonchev–Trinajstić information content (AvgIpc) is 3.06. The largest absolute Gasteiger partial charge is 0.356 e. The van der Waals surface area contributed by atoms with E-state index in [9.17, 15) is 4.79 Å². The predicted molar refractivity (Wildman–Crippen MR) is 99.5 cm³/mol. The third-order valence-corrected chi connectivity index (χ3v) is 5.51. The maximum atomic E-state index is 11.8. The van der Waals surface area contributed by atoms with E-state index in [1.807, 2.05) is 42.4 Å². The fourth-order valence-electron chi connectivity index (χ4n) is 2.75. The van der Waals surface area contributed by atoms with Gasteiger partial charge in [-0.1, -0.05) is 6.07 Å². The first kappa shape index (κ1) is 17.9. The first-order valence-electron chi connectivity index (χ1n) is 8.43. The van der Waals surface area contributed by atoms with Gasteiger partial charge in [0.15, 0.2) is 5.96 Å². The van der Waals surface area contributed by atoms with Gasteiger partial charge >= 0.3 is 0 Å². The van der Waals surface area contributed by atoms with Crippen LogP contribution in [0.2, 0.25) is 0 Å². The second-order valence-electron chi connectivity index (χ2n) is 5.88. The molecule has 1 aliphatic rings. The lowest BCUT2D eigenvalue weighted by molar-refractivity contribution is 0.574. The van der Waals surface area contributed by atoms with E-state index in [0.29, 0.717) is 0 Å². The standard InChI is InChI=1S/C17H28N4OS/c1-14-7-5-9-16(22)21(14)11-4-3-10-19-17(18-2)20-13-15-8-6-12-23-15/h5,7,9,15H,3-4,6,8,10-13H2,1-2H3,(H2,18,19,20). The minimum atomic E-state index is 0.0875. The van der Waals surface area contributed by atoms with Gasteiger partial charge in [-0.2, -0.15) is 11.8 Å². The van der Waals surface area contributed by atoms with Gasteiger partial charge < -0.3 is 15.2 Å². The molecular weight excluding hydrogens is 308 g/mol. The van der Waals surface area contributed by atoms with Gasteiger partial charge in [0.25, 0.3) is 5.56 Å². The van der Waals surface area contributed by atoms with Crippen LogP contribution in [-0.4, -0.2) is 41.7 Å². The molecule has 2 heterocycles. The summed E-state index contributed by atoms with van der Waals surface area (Å²) >= 11 is 2.05. The molecule has 0 aliphatic carbocycles. The minimum absolute atomic E-state index is 0.0875. The highest BCUT2D eigenvalue weighted by Gasteiger charge is 2.15. The Bertz CT molecular complexity index is 564. The molecule has 23 heavy (non-hydrogen) atoms. The fraction of sp³-hybridized carbons (Fsp3) is 0.647. The summed E-state index contributed by atoms with van der Waals surface area (Å²) in [7, 11) is 1.81. The topological polar surface area (TPSA) is 58.4 Å². The molecule has 1 aliphatic heterocycles. The minimum Gasteiger partial charge on any atom is -0.356 e. The summed E-state index contributed by atoms with van der Waals surface area (Å²) in [6.07, 6.45) is 4.63. The number of guanidine groups is 1. The Balaban J connectivity index is 1.63. The Morgan fingerprint density at radius 2 is 2.26 bits per heavy atom. The number of unbranched alkanes of at least 4 members (excludes halogenated alkanes) is 1. The van der Waals surface area contributed by atoms with E-state index in [1.54, 1.807) is 6.07 Å². The Hall–Kier alpha value is -1.43. The molecule has 1 aromatic rings. The molecule has 1 saturated heterocycles. The van der Waals surface area contributed by atoms with Crippen LogP contribution in [0, 0.1) is 6.92 Å². The van der Waals surface area contributed by atoms with Crippen molar-refractivity contribution in [1.82, 2.24) is 15.2 Å². The third-order valence-electron chi connectivity index (χ3n) is 4.11. The molecule has 1 atom stereocenters. The van der Waals surface area contributed by atoms with Crippen molar-refractivity contribution in [2.24, 2.45) is 4.99 Å². The number of hydrogen-bond acceptors (Lipinski definition) is 3. The number of aromatic nitrogens is 1. The smallest absolute Gasteiger partial charge is 0.250 e. The number of aliphatic imine (C=N–C) groups is 1. The molecule has 0 bridgehead atoms. The molecule has 6 heteroatoms. The number of nitrogens with one attached hydrogen (secondary N) is 2. The van der Waals surface area contributed by atoms with Crippen molar-refractivity contribution in [3.05, 3.63) is 34.2 Å². The molecule has 2 N–H and O–H groups in total.